The number of benzene rings is 2. The lowest BCUT2D eigenvalue weighted by Crippen LogP contribution is -2.33. The second-order valence-electron chi connectivity index (χ2n) is 4.77. The van der Waals surface area contributed by atoms with Crippen molar-refractivity contribution in [3.8, 4) is 0 Å². The molecule has 2 aromatic carbocycles. The summed E-state index contributed by atoms with van der Waals surface area (Å²) in [5.74, 6) is 0.707. The molecule has 1 aliphatic rings. The summed E-state index contributed by atoms with van der Waals surface area (Å²) in [6.45, 7) is 2.12. The van der Waals surface area contributed by atoms with Crippen LogP contribution >= 0.6 is 22.6 Å². The lowest BCUT2D eigenvalue weighted by molar-refractivity contribution is 0.0999. The number of ether oxygens (including phenoxy) is 1. The molecule has 0 saturated heterocycles. The number of fused-ring (bicyclic) bond motifs is 1. The molecule has 1 atom stereocenters. The van der Waals surface area contributed by atoms with E-state index in [4.69, 9.17) is 4.74 Å². The quantitative estimate of drug-likeness (QED) is 0.571. The molecule has 3 rings (SSSR count). The smallest absolute Gasteiger partial charge is 0.222 e. The number of para-hydroxylation sites is 1. The van der Waals surface area contributed by atoms with E-state index in [1.165, 1.54) is 0 Å². The molecule has 2 aromatic rings. The molecule has 0 amide bonds. The van der Waals surface area contributed by atoms with Gasteiger partial charge in [0.2, 0.25) is 5.90 Å². The largest absolute Gasteiger partial charge is 0.465 e. The molecule has 0 radical (unpaired) electrons. The third kappa shape index (κ3) is 2.27. The van der Waals surface area contributed by atoms with Crippen LogP contribution in [0.25, 0.3) is 0 Å². The summed E-state index contributed by atoms with van der Waals surface area (Å²) in [5, 5.41) is 0. The molecule has 0 aliphatic carbocycles. The lowest BCUT2D eigenvalue weighted by Gasteiger charge is -2.34. The highest BCUT2D eigenvalue weighted by Gasteiger charge is 2.35. The minimum atomic E-state index is -0.315. The first-order valence-corrected chi connectivity index (χ1v) is 7.74. The number of nitrogens with zero attached hydrogens (tertiary/aromatic N) is 1. The molecule has 1 aliphatic heterocycles. The maximum absolute atomic E-state index is 6.18. The molecule has 96 valence electrons. The van der Waals surface area contributed by atoms with Crippen LogP contribution in [0.15, 0.2) is 59.6 Å². The summed E-state index contributed by atoms with van der Waals surface area (Å²) < 4.78 is 7.06. The highest BCUT2D eigenvalue weighted by molar-refractivity contribution is 14.1. The van der Waals surface area contributed by atoms with E-state index in [-0.39, 0.29) is 5.60 Å². The first kappa shape index (κ1) is 12.7. The monoisotopic (exact) mass is 363 g/mol. The summed E-state index contributed by atoms with van der Waals surface area (Å²) in [6.07, 6.45) is 0. The summed E-state index contributed by atoms with van der Waals surface area (Å²) in [6, 6.07) is 18.3. The number of hydrogen-bond donors (Lipinski definition) is 0. The molecular formula is C16H14INO. The Balaban J connectivity index is 2.14. The van der Waals surface area contributed by atoms with Crippen LogP contribution in [0, 0.1) is 0 Å². The fourth-order valence-corrected chi connectivity index (χ4v) is 2.79. The molecule has 2 nitrogen and oxygen atoms in total. The average molecular weight is 363 g/mol. The van der Waals surface area contributed by atoms with Gasteiger partial charge in [-0.2, -0.15) is 0 Å². The van der Waals surface area contributed by atoms with E-state index >= 15 is 0 Å². The van der Waals surface area contributed by atoms with E-state index in [0.29, 0.717) is 5.90 Å². The average Bonchev–Trinajstić information content (AvgIpc) is 2.48. The highest BCUT2D eigenvalue weighted by atomic mass is 127. The molecule has 0 unspecified atom stereocenters. The van der Waals surface area contributed by atoms with Crippen molar-refractivity contribution in [3.05, 3.63) is 65.7 Å². The van der Waals surface area contributed by atoms with Crippen LogP contribution in [0.3, 0.4) is 0 Å². The van der Waals surface area contributed by atoms with Crippen LogP contribution in [0.5, 0.6) is 0 Å². The van der Waals surface area contributed by atoms with Gasteiger partial charge in [0.05, 0.1) is 5.69 Å². The molecule has 1 heterocycles. The van der Waals surface area contributed by atoms with Crippen molar-refractivity contribution in [2.75, 3.05) is 4.43 Å². The van der Waals surface area contributed by atoms with Gasteiger partial charge in [0, 0.05) is 15.6 Å². The summed E-state index contributed by atoms with van der Waals surface area (Å²) >= 11 is 2.37. The Morgan fingerprint density at radius 2 is 1.74 bits per heavy atom. The van der Waals surface area contributed by atoms with Gasteiger partial charge in [-0.3, -0.25) is 0 Å². The minimum absolute atomic E-state index is 0.315. The van der Waals surface area contributed by atoms with Crippen LogP contribution in [0.4, 0.5) is 5.69 Å². The normalized spacial score (nSPS) is 21.3. The van der Waals surface area contributed by atoms with E-state index in [0.717, 1.165) is 21.2 Å². The van der Waals surface area contributed by atoms with E-state index in [1.807, 2.05) is 48.5 Å². The Labute approximate surface area is 126 Å². The number of halogens is 1. The summed E-state index contributed by atoms with van der Waals surface area (Å²) in [4.78, 5) is 4.65. The van der Waals surface area contributed by atoms with Crippen molar-refractivity contribution < 1.29 is 4.74 Å². The number of hydrogen-bond acceptors (Lipinski definition) is 2. The molecule has 0 bridgehead atoms. The second kappa shape index (κ2) is 4.96. The molecule has 0 aromatic heterocycles. The molecule has 0 fully saturated rings. The first-order chi connectivity index (χ1) is 9.23. The van der Waals surface area contributed by atoms with Gasteiger partial charge in [-0.1, -0.05) is 59.0 Å². The zero-order valence-corrected chi connectivity index (χ0v) is 12.8. The maximum Gasteiger partial charge on any atom is 0.222 e. The van der Waals surface area contributed by atoms with Crippen molar-refractivity contribution in [2.24, 2.45) is 4.99 Å². The van der Waals surface area contributed by atoms with Gasteiger partial charge in [-0.25, -0.2) is 4.99 Å². The Bertz CT molecular complexity index is 624. The van der Waals surface area contributed by atoms with E-state index < -0.39 is 0 Å². The van der Waals surface area contributed by atoms with Gasteiger partial charge in [-0.05, 0) is 25.1 Å². The van der Waals surface area contributed by atoms with Crippen LogP contribution < -0.4 is 0 Å². The van der Waals surface area contributed by atoms with Crippen molar-refractivity contribution in [2.45, 2.75) is 12.5 Å². The Hall–Kier alpha value is -1.36. The van der Waals surface area contributed by atoms with Crippen LogP contribution in [-0.4, -0.2) is 10.3 Å². The predicted molar refractivity (Wildman–Crippen MR) is 86.4 cm³/mol. The Morgan fingerprint density at radius 3 is 2.47 bits per heavy atom. The fourth-order valence-electron chi connectivity index (χ4n) is 2.22. The number of aliphatic imine (C=N–C) groups is 1. The van der Waals surface area contributed by atoms with E-state index in [2.05, 4.69) is 40.6 Å². The Morgan fingerprint density at radius 1 is 1.05 bits per heavy atom. The lowest BCUT2D eigenvalue weighted by atomic mass is 9.94. The Kier molecular flexibility index (Phi) is 3.31. The second-order valence-corrected chi connectivity index (χ2v) is 5.53. The molecule has 0 spiro atoms. The van der Waals surface area contributed by atoms with Crippen LogP contribution in [-0.2, 0) is 10.3 Å². The highest BCUT2D eigenvalue weighted by Crippen LogP contribution is 2.39. The van der Waals surface area contributed by atoms with Gasteiger partial charge in [0.15, 0.2) is 0 Å². The standard InChI is InChI=1S/C16H14INO/c1-16(11-17)13-9-5-6-10-14(13)18-15(19-16)12-7-3-2-4-8-12/h2-10H,11H2,1H3/t16-/m0/s1. The SMILES string of the molecule is C[C@@]1(CI)OC(c2ccccc2)=Nc2ccccc21. The summed E-state index contributed by atoms with van der Waals surface area (Å²) in [7, 11) is 0. The topological polar surface area (TPSA) is 21.6 Å². The van der Waals surface area contributed by atoms with Gasteiger partial charge in [-0.15, -0.1) is 0 Å². The number of rotatable bonds is 2. The van der Waals surface area contributed by atoms with Crippen molar-refractivity contribution >= 4 is 34.2 Å². The van der Waals surface area contributed by atoms with E-state index in [9.17, 15) is 0 Å². The van der Waals surface area contributed by atoms with Crippen LogP contribution in [0.1, 0.15) is 18.1 Å². The van der Waals surface area contributed by atoms with Crippen molar-refractivity contribution in [1.82, 2.24) is 0 Å². The summed E-state index contributed by atoms with van der Waals surface area (Å²) in [5.41, 5.74) is 2.87. The zero-order valence-electron chi connectivity index (χ0n) is 10.6. The molecule has 3 heteroatoms. The maximum atomic E-state index is 6.18. The zero-order chi connectivity index (χ0) is 13.3. The predicted octanol–water partition coefficient (Wildman–Crippen LogP) is 4.45. The molecular weight excluding hydrogens is 349 g/mol. The van der Waals surface area contributed by atoms with Gasteiger partial charge >= 0.3 is 0 Å². The fraction of sp³-hybridized carbons (Fsp3) is 0.188. The van der Waals surface area contributed by atoms with Gasteiger partial charge in [0.25, 0.3) is 0 Å². The third-order valence-electron chi connectivity index (χ3n) is 3.29. The van der Waals surface area contributed by atoms with Crippen LogP contribution in [0.2, 0.25) is 0 Å². The first-order valence-electron chi connectivity index (χ1n) is 6.21. The molecule has 0 N–H and O–H groups in total. The van der Waals surface area contributed by atoms with E-state index in [1.54, 1.807) is 0 Å². The van der Waals surface area contributed by atoms with Crippen molar-refractivity contribution in [1.29, 1.82) is 0 Å². The van der Waals surface area contributed by atoms with Gasteiger partial charge < -0.3 is 4.74 Å². The van der Waals surface area contributed by atoms with Crippen molar-refractivity contribution in [3.63, 3.8) is 0 Å². The molecule has 19 heavy (non-hydrogen) atoms. The third-order valence-corrected chi connectivity index (χ3v) is 4.75. The molecule has 0 saturated carbocycles. The minimum Gasteiger partial charge on any atom is -0.465 e. The number of alkyl halides is 1. The van der Waals surface area contributed by atoms with Gasteiger partial charge in [0.1, 0.15) is 5.60 Å².